The zero-order chi connectivity index (χ0) is 19.6. The van der Waals surface area contributed by atoms with Crippen molar-refractivity contribution in [1.82, 2.24) is 19.7 Å². The lowest BCUT2D eigenvalue weighted by Gasteiger charge is -2.48. The number of nitrogens with zero attached hydrogens (tertiary/aromatic N) is 4. The summed E-state index contributed by atoms with van der Waals surface area (Å²) in [6.07, 6.45) is 4.56. The Hall–Kier alpha value is -2.24. The first-order valence-electron chi connectivity index (χ1n) is 10.2. The summed E-state index contributed by atoms with van der Waals surface area (Å²) in [5.41, 5.74) is 2.78. The minimum absolute atomic E-state index is 0.000613. The third-order valence-corrected chi connectivity index (χ3v) is 6.21. The van der Waals surface area contributed by atoms with E-state index in [-0.39, 0.29) is 17.4 Å². The average Bonchev–Trinajstić information content (AvgIpc) is 3.04. The van der Waals surface area contributed by atoms with Crippen LogP contribution in [0.2, 0.25) is 0 Å². The Morgan fingerprint density at radius 1 is 1.11 bits per heavy atom. The highest BCUT2D eigenvalue weighted by atomic mass is 16.2. The number of hydrogen-bond donors (Lipinski definition) is 0. The number of likely N-dealkylation sites (tertiary alicyclic amines) is 2. The SMILES string of the molecule is CCN(Cc1ccncc1)C(=O)C1CC2(CN(Cc3ccccc3)C2)CN1C. The molecule has 5 heteroatoms. The smallest absolute Gasteiger partial charge is 0.240 e. The van der Waals surface area contributed by atoms with E-state index in [4.69, 9.17) is 0 Å². The van der Waals surface area contributed by atoms with Crippen molar-refractivity contribution >= 4 is 5.91 Å². The lowest BCUT2D eigenvalue weighted by atomic mass is 9.77. The van der Waals surface area contributed by atoms with E-state index >= 15 is 0 Å². The molecule has 2 saturated heterocycles. The molecule has 1 unspecified atom stereocenters. The van der Waals surface area contributed by atoms with Gasteiger partial charge >= 0.3 is 0 Å². The van der Waals surface area contributed by atoms with E-state index < -0.39 is 0 Å². The number of hydrogen-bond acceptors (Lipinski definition) is 4. The molecule has 0 N–H and O–H groups in total. The first-order chi connectivity index (χ1) is 13.6. The van der Waals surface area contributed by atoms with Crippen LogP contribution in [0.3, 0.4) is 0 Å². The van der Waals surface area contributed by atoms with Crippen LogP contribution in [0.4, 0.5) is 0 Å². The highest BCUT2D eigenvalue weighted by Crippen LogP contribution is 2.43. The van der Waals surface area contributed by atoms with Gasteiger partial charge in [0.2, 0.25) is 5.91 Å². The molecule has 5 nitrogen and oxygen atoms in total. The Balaban J connectivity index is 1.35. The van der Waals surface area contributed by atoms with Crippen LogP contribution in [0.25, 0.3) is 0 Å². The molecule has 0 saturated carbocycles. The molecule has 28 heavy (non-hydrogen) atoms. The van der Waals surface area contributed by atoms with Crippen LogP contribution in [0.15, 0.2) is 54.9 Å². The average molecular weight is 379 g/mol. The van der Waals surface area contributed by atoms with Crippen molar-refractivity contribution in [2.75, 3.05) is 33.2 Å². The van der Waals surface area contributed by atoms with Crippen LogP contribution >= 0.6 is 0 Å². The van der Waals surface area contributed by atoms with Gasteiger partial charge in [0.25, 0.3) is 0 Å². The number of likely N-dealkylation sites (N-methyl/N-ethyl adjacent to an activating group) is 2. The molecule has 2 aromatic rings. The first-order valence-corrected chi connectivity index (χ1v) is 10.2. The summed E-state index contributed by atoms with van der Waals surface area (Å²) in [6, 6.07) is 14.6. The van der Waals surface area contributed by atoms with Crippen molar-refractivity contribution in [2.24, 2.45) is 5.41 Å². The molecule has 0 aliphatic carbocycles. The van der Waals surface area contributed by atoms with E-state index in [0.29, 0.717) is 6.54 Å². The maximum Gasteiger partial charge on any atom is 0.240 e. The maximum absolute atomic E-state index is 13.2. The van der Waals surface area contributed by atoms with Crippen LogP contribution in [0.1, 0.15) is 24.5 Å². The summed E-state index contributed by atoms with van der Waals surface area (Å²) < 4.78 is 0. The molecule has 1 atom stereocenters. The molecule has 2 fully saturated rings. The van der Waals surface area contributed by atoms with Gasteiger partial charge in [-0.25, -0.2) is 0 Å². The van der Waals surface area contributed by atoms with Crippen molar-refractivity contribution < 1.29 is 4.79 Å². The molecule has 1 amide bonds. The minimum Gasteiger partial charge on any atom is -0.337 e. The van der Waals surface area contributed by atoms with Crippen LogP contribution in [0, 0.1) is 5.41 Å². The zero-order valence-electron chi connectivity index (χ0n) is 16.9. The Kier molecular flexibility index (Phi) is 5.47. The first kappa shape index (κ1) is 19.1. The molecule has 1 aromatic heterocycles. The van der Waals surface area contributed by atoms with Gasteiger partial charge in [0.05, 0.1) is 6.04 Å². The van der Waals surface area contributed by atoms with Gasteiger partial charge in [0.1, 0.15) is 0 Å². The molecular weight excluding hydrogens is 348 g/mol. The number of rotatable bonds is 6. The summed E-state index contributed by atoms with van der Waals surface area (Å²) in [7, 11) is 2.11. The largest absolute Gasteiger partial charge is 0.337 e. The number of benzene rings is 1. The molecule has 1 spiro atoms. The van der Waals surface area contributed by atoms with E-state index in [2.05, 4.69) is 59.1 Å². The van der Waals surface area contributed by atoms with Gasteiger partial charge in [0, 0.05) is 57.1 Å². The van der Waals surface area contributed by atoms with Crippen LogP contribution in [-0.4, -0.2) is 64.9 Å². The standard InChI is InChI=1S/C23H30N4O/c1-3-27(15-20-9-11-24-12-10-20)22(28)21-13-23(16-25(21)2)17-26(18-23)14-19-7-5-4-6-8-19/h4-12,21H,3,13-18H2,1-2H3. The number of pyridine rings is 1. The van der Waals surface area contributed by atoms with Crippen molar-refractivity contribution in [1.29, 1.82) is 0 Å². The summed E-state index contributed by atoms with van der Waals surface area (Å²) in [4.78, 5) is 24.1. The van der Waals surface area contributed by atoms with Crippen LogP contribution < -0.4 is 0 Å². The van der Waals surface area contributed by atoms with E-state index in [1.54, 1.807) is 12.4 Å². The Labute approximate surface area is 168 Å². The van der Waals surface area contributed by atoms with Gasteiger partial charge in [-0.3, -0.25) is 19.6 Å². The fourth-order valence-corrected chi connectivity index (χ4v) is 4.90. The van der Waals surface area contributed by atoms with Gasteiger partial charge in [-0.1, -0.05) is 30.3 Å². The molecule has 2 aliphatic rings. The highest BCUT2D eigenvalue weighted by Gasteiger charge is 2.52. The normalized spacial score (nSPS) is 21.6. The van der Waals surface area contributed by atoms with Crippen molar-refractivity contribution in [3.05, 3.63) is 66.0 Å². The summed E-state index contributed by atoms with van der Waals surface area (Å²) in [5, 5.41) is 0. The molecule has 0 radical (unpaired) electrons. The molecule has 0 bridgehead atoms. The molecule has 3 heterocycles. The fraction of sp³-hybridized carbons (Fsp3) is 0.478. The van der Waals surface area contributed by atoms with Gasteiger partial charge < -0.3 is 4.90 Å². The minimum atomic E-state index is 0.000613. The van der Waals surface area contributed by atoms with Gasteiger partial charge in [-0.2, -0.15) is 0 Å². The van der Waals surface area contributed by atoms with Crippen LogP contribution in [0.5, 0.6) is 0 Å². The lowest BCUT2D eigenvalue weighted by Crippen LogP contribution is -2.56. The van der Waals surface area contributed by atoms with Gasteiger partial charge in [-0.05, 0) is 43.7 Å². The van der Waals surface area contributed by atoms with Gasteiger partial charge in [-0.15, -0.1) is 0 Å². The van der Waals surface area contributed by atoms with E-state index in [1.807, 2.05) is 17.0 Å². The lowest BCUT2D eigenvalue weighted by molar-refractivity contribution is -0.136. The fourth-order valence-electron chi connectivity index (χ4n) is 4.90. The van der Waals surface area contributed by atoms with Crippen molar-refractivity contribution in [3.63, 3.8) is 0 Å². The number of carbonyl (C=O) groups excluding carboxylic acids is 1. The highest BCUT2D eigenvalue weighted by molar-refractivity contribution is 5.82. The summed E-state index contributed by atoms with van der Waals surface area (Å²) >= 11 is 0. The predicted molar refractivity (Wildman–Crippen MR) is 111 cm³/mol. The second-order valence-corrected chi connectivity index (χ2v) is 8.47. The monoisotopic (exact) mass is 378 g/mol. The van der Waals surface area contributed by atoms with E-state index in [9.17, 15) is 4.79 Å². The Bertz CT molecular complexity index is 789. The molecule has 148 valence electrons. The second-order valence-electron chi connectivity index (χ2n) is 8.47. The quantitative estimate of drug-likeness (QED) is 0.775. The summed E-state index contributed by atoms with van der Waals surface area (Å²) in [6.45, 7) is 7.66. The number of amides is 1. The van der Waals surface area contributed by atoms with Crippen molar-refractivity contribution in [3.8, 4) is 0 Å². The third-order valence-electron chi connectivity index (χ3n) is 6.21. The zero-order valence-corrected chi connectivity index (χ0v) is 16.9. The third kappa shape index (κ3) is 3.96. The topological polar surface area (TPSA) is 39.7 Å². The Morgan fingerprint density at radius 3 is 2.50 bits per heavy atom. The van der Waals surface area contributed by atoms with E-state index in [1.165, 1.54) is 5.56 Å². The predicted octanol–water partition coefficient (Wildman–Crippen LogP) is 2.64. The molecule has 1 aromatic carbocycles. The van der Waals surface area contributed by atoms with Crippen LogP contribution in [-0.2, 0) is 17.9 Å². The Morgan fingerprint density at radius 2 is 1.82 bits per heavy atom. The van der Waals surface area contributed by atoms with Crippen molar-refractivity contribution in [2.45, 2.75) is 32.5 Å². The number of carbonyl (C=O) groups is 1. The molecular formula is C23H30N4O. The summed E-state index contributed by atoms with van der Waals surface area (Å²) in [5.74, 6) is 0.264. The molecule has 4 rings (SSSR count). The maximum atomic E-state index is 13.2. The molecule has 2 aliphatic heterocycles. The van der Waals surface area contributed by atoms with E-state index in [0.717, 1.165) is 44.7 Å². The second kappa shape index (κ2) is 8.02. The number of aromatic nitrogens is 1. The van der Waals surface area contributed by atoms with Gasteiger partial charge in [0.15, 0.2) is 0 Å².